The fourth-order valence-electron chi connectivity index (χ4n) is 3.60. The number of benzene rings is 2. The van der Waals surface area contributed by atoms with Gasteiger partial charge in [-0.2, -0.15) is 0 Å². The summed E-state index contributed by atoms with van der Waals surface area (Å²) in [4.78, 5) is 17.5. The van der Waals surface area contributed by atoms with Crippen molar-refractivity contribution >= 4 is 34.6 Å². The number of hydrogen-bond donors (Lipinski definition) is 2. The topological polar surface area (TPSA) is 47.6 Å². The van der Waals surface area contributed by atoms with Crippen LogP contribution in [0.4, 0.5) is 17.1 Å². The number of aryl methyl sites for hydroxylation is 2. The van der Waals surface area contributed by atoms with Crippen molar-refractivity contribution in [2.24, 2.45) is 0 Å². The van der Waals surface area contributed by atoms with Crippen molar-refractivity contribution in [3.05, 3.63) is 52.5 Å². The van der Waals surface area contributed by atoms with Gasteiger partial charge in [0.1, 0.15) is 6.04 Å². The summed E-state index contributed by atoms with van der Waals surface area (Å²) in [6.45, 7) is 13.6. The predicted molar refractivity (Wildman–Crippen MR) is 123 cm³/mol. The monoisotopic (exact) mass is 414 g/mol. The van der Waals surface area contributed by atoms with Crippen LogP contribution in [0.2, 0.25) is 5.02 Å². The molecule has 0 bridgehead atoms. The Hall–Kier alpha value is -2.24. The van der Waals surface area contributed by atoms with Crippen molar-refractivity contribution in [2.75, 3.05) is 48.3 Å². The van der Waals surface area contributed by atoms with Crippen molar-refractivity contribution in [2.45, 2.75) is 33.7 Å². The summed E-state index contributed by atoms with van der Waals surface area (Å²) in [6.07, 6.45) is 0. The zero-order valence-electron chi connectivity index (χ0n) is 17.8. The number of likely N-dealkylation sites (N-methyl/N-ethyl adjacent to an activating group) is 1. The largest absolute Gasteiger partial charge is 0.374 e. The SMILES string of the molecule is CCN1CCN(c2ccc(N[C@H](C)C(=O)Nc3cc(Cl)ccc3C)c(C)c2)CC1. The molecule has 0 radical (unpaired) electrons. The minimum Gasteiger partial charge on any atom is -0.374 e. The van der Waals surface area contributed by atoms with E-state index < -0.39 is 0 Å². The van der Waals surface area contributed by atoms with Crippen molar-refractivity contribution in [1.82, 2.24) is 4.90 Å². The zero-order chi connectivity index (χ0) is 21.0. The highest BCUT2D eigenvalue weighted by Crippen LogP contribution is 2.25. The quantitative estimate of drug-likeness (QED) is 0.728. The van der Waals surface area contributed by atoms with E-state index in [4.69, 9.17) is 11.6 Å². The molecule has 0 aromatic heterocycles. The Morgan fingerprint density at radius 2 is 1.76 bits per heavy atom. The van der Waals surface area contributed by atoms with Gasteiger partial charge in [0.15, 0.2) is 0 Å². The van der Waals surface area contributed by atoms with E-state index >= 15 is 0 Å². The van der Waals surface area contributed by atoms with Crippen LogP contribution in [0.3, 0.4) is 0 Å². The molecule has 3 rings (SSSR count). The third-order valence-electron chi connectivity index (χ3n) is 5.62. The minimum absolute atomic E-state index is 0.0884. The fourth-order valence-corrected chi connectivity index (χ4v) is 3.77. The van der Waals surface area contributed by atoms with Gasteiger partial charge < -0.3 is 20.4 Å². The minimum atomic E-state index is -0.369. The predicted octanol–water partition coefficient (Wildman–Crippen LogP) is 4.54. The van der Waals surface area contributed by atoms with Gasteiger partial charge in [0, 0.05) is 48.3 Å². The van der Waals surface area contributed by atoms with E-state index in [1.165, 1.54) is 5.69 Å². The van der Waals surface area contributed by atoms with E-state index in [2.05, 4.69) is 52.5 Å². The van der Waals surface area contributed by atoms with Crippen LogP contribution in [0.25, 0.3) is 0 Å². The lowest BCUT2D eigenvalue weighted by Gasteiger charge is -2.35. The number of nitrogens with zero attached hydrogens (tertiary/aromatic N) is 2. The summed E-state index contributed by atoms with van der Waals surface area (Å²) in [7, 11) is 0. The van der Waals surface area contributed by atoms with Crippen LogP contribution in [0.15, 0.2) is 36.4 Å². The first-order chi connectivity index (χ1) is 13.9. The van der Waals surface area contributed by atoms with Crippen molar-refractivity contribution in [3.63, 3.8) is 0 Å². The number of hydrogen-bond acceptors (Lipinski definition) is 4. The molecule has 5 nitrogen and oxygen atoms in total. The number of anilines is 3. The van der Waals surface area contributed by atoms with Gasteiger partial charge in [0.25, 0.3) is 0 Å². The Balaban J connectivity index is 1.62. The van der Waals surface area contributed by atoms with Crippen LogP contribution in [-0.2, 0) is 4.79 Å². The van der Waals surface area contributed by atoms with Crippen LogP contribution in [0, 0.1) is 13.8 Å². The van der Waals surface area contributed by atoms with Gasteiger partial charge >= 0.3 is 0 Å². The lowest BCUT2D eigenvalue weighted by Crippen LogP contribution is -2.46. The molecule has 0 saturated carbocycles. The van der Waals surface area contributed by atoms with Gasteiger partial charge in [-0.25, -0.2) is 0 Å². The van der Waals surface area contributed by atoms with E-state index in [1.54, 1.807) is 6.07 Å². The Labute approximate surface area is 179 Å². The highest BCUT2D eigenvalue weighted by Gasteiger charge is 2.18. The Morgan fingerprint density at radius 1 is 1.03 bits per heavy atom. The van der Waals surface area contributed by atoms with Gasteiger partial charge in [-0.05, 0) is 68.8 Å². The molecule has 2 aromatic rings. The van der Waals surface area contributed by atoms with Gasteiger partial charge in [-0.15, -0.1) is 0 Å². The van der Waals surface area contributed by atoms with Crippen LogP contribution in [-0.4, -0.2) is 49.6 Å². The highest BCUT2D eigenvalue weighted by molar-refractivity contribution is 6.31. The van der Waals surface area contributed by atoms with E-state index in [-0.39, 0.29) is 11.9 Å². The molecule has 2 aromatic carbocycles. The molecule has 0 aliphatic carbocycles. The molecule has 1 aliphatic rings. The average Bonchev–Trinajstić information content (AvgIpc) is 2.72. The highest BCUT2D eigenvalue weighted by atomic mass is 35.5. The maximum Gasteiger partial charge on any atom is 0.246 e. The number of carbonyl (C=O) groups is 1. The summed E-state index contributed by atoms with van der Waals surface area (Å²) in [5.41, 5.74) is 5.09. The van der Waals surface area contributed by atoms with Crippen molar-refractivity contribution < 1.29 is 4.79 Å². The van der Waals surface area contributed by atoms with Crippen LogP contribution in [0.1, 0.15) is 25.0 Å². The van der Waals surface area contributed by atoms with E-state index in [0.29, 0.717) is 5.02 Å². The van der Waals surface area contributed by atoms with E-state index in [0.717, 1.165) is 55.2 Å². The number of piperazine rings is 1. The molecule has 1 amide bonds. The first-order valence-corrected chi connectivity index (χ1v) is 10.7. The van der Waals surface area contributed by atoms with Crippen LogP contribution in [0.5, 0.6) is 0 Å². The Morgan fingerprint density at radius 3 is 2.41 bits per heavy atom. The van der Waals surface area contributed by atoms with Crippen molar-refractivity contribution in [3.8, 4) is 0 Å². The summed E-state index contributed by atoms with van der Waals surface area (Å²) < 4.78 is 0. The maximum atomic E-state index is 12.6. The van der Waals surface area contributed by atoms with Gasteiger partial charge in [0.2, 0.25) is 5.91 Å². The Kier molecular flexibility index (Phi) is 7.04. The second-order valence-corrected chi connectivity index (χ2v) is 8.17. The molecule has 1 heterocycles. The lowest BCUT2D eigenvalue weighted by atomic mass is 10.1. The first kappa shape index (κ1) is 21.5. The third-order valence-corrected chi connectivity index (χ3v) is 5.85. The van der Waals surface area contributed by atoms with Crippen molar-refractivity contribution in [1.29, 1.82) is 0 Å². The summed E-state index contributed by atoms with van der Waals surface area (Å²) in [5.74, 6) is -0.0884. The summed E-state index contributed by atoms with van der Waals surface area (Å²) in [5, 5.41) is 6.91. The lowest BCUT2D eigenvalue weighted by molar-refractivity contribution is -0.116. The van der Waals surface area contributed by atoms with Gasteiger partial charge in [-0.1, -0.05) is 24.6 Å². The molecule has 1 fully saturated rings. The van der Waals surface area contributed by atoms with Gasteiger partial charge in [-0.3, -0.25) is 4.79 Å². The zero-order valence-corrected chi connectivity index (χ0v) is 18.5. The normalized spacial score (nSPS) is 15.8. The molecular formula is C23H31ClN4O. The number of carbonyl (C=O) groups excluding carboxylic acids is 1. The number of nitrogens with one attached hydrogen (secondary N) is 2. The molecule has 1 saturated heterocycles. The van der Waals surface area contributed by atoms with Crippen LogP contribution < -0.4 is 15.5 Å². The van der Waals surface area contributed by atoms with Crippen LogP contribution >= 0.6 is 11.6 Å². The number of halogens is 1. The third kappa shape index (κ3) is 5.43. The molecule has 6 heteroatoms. The molecule has 29 heavy (non-hydrogen) atoms. The molecule has 2 N–H and O–H groups in total. The molecule has 1 aliphatic heterocycles. The number of amides is 1. The molecular weight excluding hydrogens is 384 g/mol. The second-order valence-electron chi connectivity index (χ2n) is 7.74. The molecule has 0 spiro atoms. The average molecular weight is 415 g/mol. The second kappa shape index (κ2) is 9.51. The number of rotatable bonds is 6. The summed E-state index contributed by atoms with van der Waals surface area (Å²) in [6, 6.07) is 11.6. The molecule has 0 unspecified atom stereocenters. The molecule has 156 valence electrons. The van der Waals surface area contributed by atoms with Gasteiger partial charge in [0.05, 0.1) is 0 Å². The van der Waals surface area contributed by atoms with E-state index in [1.807, 2.05) is 26.0 Å². The summed E-state index contributed by atoms with van der Waals surface area (Å²) >= 11 is 6.05. The first-order valence-electron chi connectivity index (χ1n) is 10.3. The Bertz CT molecular complexity index is 862. The standard InChI is InChI=1S/C23H31ClN4O/c1-5-27-10-12-28(13-11-27)20-8-9-21(17(3)14-20)25-18(4)23(29)26-22-15-19(24)7-6-16(22)2/h6-9,14-15,18,25H,5,10-13H2,1-4H3,(H,26,29)/t18-/m1/s1. The smallest absolute Gasteiger partial charge is 0.246 e. The maximum absolute atomic E-state index is 12.6. The molecule has 1 atom stereocenters. The fraction of sp³-hybridized carbons (Fsp3) is 0.435. The van der Waals surface area contributed by atoms with E-state index in [9.17, 15) is 4.79 Å².